The number of carboxylic acids is 1. The molecule has 1 aliphatic rings. The van der Waals surface area contributed by atoms with Crippen molar-refractivity contribution >= 4 is 16.9 Å². The van der Waals surface area contributed by atoms with Crippen molar-refractivity contribution in [1.29, 1.82) is 0 Å². The second kappa shape index (κ2) is 7.98. The molecule has 1 fully saturated rings. The molecule has 0 aliphatic carbocycles. The van der Waals surface area contributed by atoms with E-state index in [9.17, 15) is 9.90 Å². The van der Waals surface area contributed by atoms with E-state index in [2.05, 4.69) is 34.1 Å². The maximum Gasteiger partial charge on any atom is 0.306 e. The Hall–Kier alpha value is -2.92. The molecular weight excluding hydrogens is 352 g/mol. The molecule has 1 aromatic heterocycles. The lowest BCUT2D eigenvalue weighted by molar-refractivity contribution is -0.143. The molecular formula is C23H24N2O3. The minimum atomic E-state index is -0.687. The molecule has 0 spiro atoms. The minimum Gasteiger partial charge on any atom is -0.497 e. The molecule has 2 heterocycles. The van der Waals surface area contributed by atoms with E-state index in [0.29, 0.717) is 12.8 Å². The Balaban J connectivity index is 1.70. The molecule has 0 bridgehead atoms. The topological polar surface area (TPSA) is 62.7 Å². The van der Waals surface area contributed by atoms with Gasteiger partial charge in [-0.1, -0.05) is 30.3 Å². The van der Waals surface area contributed by atoms with Crippen LogP contribution in [0.25, 0.3) is 10.9 Å². The first-order valence-electron chi connectivity index (χ1n) is 9.61. The minimum absolute atomic E-state index is 0.0396. The average Bonchev–Trinajstić information content (AvgIpc) is 2.75. The van der Waals surface area contributed by atoms with E-state index in [1.165, 1.54) is 0 Å². The molecule has 3 aromatic rings. The average molecular weight is 376 g/mol. The van der Waals surface area contributed by atoms with Crippen LogP contribution >= 0.6 is 0 Å². The number of carbonyl (C=O) groups is 1. The van der Waals surface area contributed by atoms with Gasteiger partial charge in [0.2, 0.25) is 0 Å². The standard InChI is InChI=1S/C23H24N2O3/c1-28-20-8-6-16(7-9-20)22(25-12-10-17(11-13-25)23(26)27)19-14-18-4-2-3-5-21(18)24-15-19/h2-9,14-15,17,22H,10-13H2,1H3,(H,26,27). The number of piperidine rings is 1. The summed E-state index contributed by atoms with van der Waals surface area (Å²) in [7, 11) is 1.66. The van der Waals surface area contributed by atoms with Crippen LogP contribution in [-0.2, 0) is 4.79 Å². The van der Waals surface area contributed by atoms with E-state index in [-0.39, 0.29) is 12.0 Å². The third kappa shape index (κ3) is 3.71. The van der Waals surface area contributed by atoms with Crippen molar-refractivity contribution in [2.45, 2.75) is 18.9 Å². The van der Waals surface area contributed by atoms with Crippen molar-refractivity contribution in [3.05, 3.63) is 71.9 Å². The van der Waals surface area contributed by atoms with E-state index < -0.39 is 5.97 Å². The number of pyridine rings is 1. The molecule has 2 aromatic carbocycles. The number of hydrogen-bond donors (Lipinski definition) is 1. The number of carboxylic acid groups (broad SMARTS) is 1. The van der Waals surface area contributed by atoms with Crippen molar-refractivity contribution in [2.75, 3.05) is 20.2 Å². The summed E-state index contributed by atoms with van der Waals surface area (Å²) in [4.78, 5) is 18.4. The quantitative estimate of drug-likeness (QED) is 0.725. The van der Waals surface area contributed by atoms with Gasteiger partial charge in [0.25, 0.3) is 0 Å². The highest BCUT2D eigenvalue weighted by Crippen LogP contribution is 2.34. The van der Waals surface area contributed by atoms with Crippen molar-refractivity contribution in [3.63, 3.8) is 0 Å². The number of benzene rings is 2. The molecule has 1 N–H and O–H groups in total. The third-order valence-electron chi connectivity index (χ3n) is 5.60. The zero-order chi connectivity index (χ0) is 19.5. The first-order chi connectivity index (χ1) is 13.7. The summed E-state index contributed by atoms with van der Waals surface area (Å²) in [6, 6.07) is 18.5. The predicted molar refractivity (Wildman–Crippen MR) is 109 cm³/mol. The van der Waals surface area contributed by atoms with Gasteiger partial charge in [0.05, 0.1) is 24.6 Å². The molecule has 1 atom stereocenters. The van der Waals surface area contributed by atoms with Gasteiger partial charge < -0.3 is 9.84 Å². The molecule has 1 aliphatic heterocycles. The van der Waals surface area contributed by atoms with Gasteiger partial charge in [0.1, 0.15) is 5.75 Å². The number of hydrogen-bond acceptors (Lipinski definition) is 4. The number of rotatable bonds is 5. The van der Waals surface area contributed by atoms with Crippen LogP contribution in [0.2, 0.25) is 0 Å². The normalized spacial score (nSPS) is 16.8. The summed E-state index contributed by atoms with van der Waals surface area (Å²) < 4.78 is 5.31. The summed E-state index contributed by atoms with van der Waals surface area (Å²) in [6.07, 6.45) is 3.28. The van der Waals surface area contributed by atoms with Gasteiger partial charge in [-0.2, -0.15) is 0 Å². The Morgan fingerprint density at radius 3 is 2.50 bits per heavy atom. The monoisotopic (exact) mass is 376 g/mol. The maximum atomic E-state index is 11.3. The third-order valence-corrected chi connectivity index (χ3v) is 5.60. The lowest BCUT2D eigenvalue weighted by Crippen LogP contribution is -2.39. The Morgan fingerprint density at radius 1 is 1.11 bits per heavy atom. The molecule has 0 radical (unpaired) electrons. The Labute approximate surface area is 164 Å². The number of ether oxygens (including phenoxy) is 1. The molecule has 0 saturated carbocycles. The molecule has 1 saturated heterocycles. The van der Waals surface area contributed by atoms with Crippen LogP contribution in [0.1, 0.15) is 30.0 Å². The fraction of sp³-hybridized carbons (Fsp3) is 0.304. The second-order valence-corrected chi connectivity index (χ2v) is 7.29. The Bertz CT molecular complexity index is 963. The number of methoxy groups -OCH3 is 1. The zero-order valence-electron chi connectivity index (χ0n) is 15.9. The van der Waals surface area contributed by atoms with Crippen molar-refractivity contribution in [3.8, 4) is 5.75 Å². The van der Waals surface area contributed by atoms with Crippen molar-refractivity contribution in [2.24, 2.45) is 5.92 Å². The van der Waals surface area contributed by atoms with Gasteiger partial charge in [-0.3, -0.25) is 14.7 Å². The smallest absolute Gasteiger partial charge is 0.306 e. The Morgan fingerprint density at radius 2 is 1.82 bits per heavy atom. The van der Waals surface area contributed by atoms with E-state index in [1.54, 1.807) is 7.11 Å². The highest BCUT2D eigenvalue weighted by atomic mass is 16.5. The highest BCUT2D eigenvalue weighted by Gasteiger charge is 2.30. The van der Waals surface area contributed by atoms with Crippen LogP contribution in [0.15, 0.2) is 60.8 Å². The molecule has 0 amide bonds. The number of aliphatic carboxylic acids is 1. The summed E-state index contributed by atoms with van der Waals surface area (Å²) >= 11 is 0. The van der Waals surface area contributed by atoms with Gasteiger partial charge in [0, 0.05) is 11.6 Å². The first-order valence-corrected chi connectivity index (χ1v) is 9.61. The zero-order valence-corrected chi connectivity index (χ0v) is 15.9. The summed E-state index contributed by atoms with van der Waals surface area (Å²) in [6.45, 7) is 1.50. The molecule has 5 nitrogen and oxygen atoms in total. The Kier molecular flexibility index (Phi) is 5.26. The SMILES string of the molecule is COc1ccc(C(c2cnc3ccccc3c2)N2CCC(C(=O)O)CC2)cc1. The van der Waals surface area contributed by atoms with E-state index in [4.69, 9.17) is 4.74 Å². The number of para-hydroxylation sites is 1. The fourth-order valence-electron chi connectivity index (χ4n) is 4.04. The fourth-order valence-corrected chi connectivity index (χ4v) is 4.04. The number of nitrogens with zero attached hydrogens (tertiary/aromatic N) is 2. The van der Waals surface area contributed by atoms with E-state index >= 15 is 0 Å². The molecule has 144 valence electrons. The molecule has 28 heavy (non-hydrogen) atoms. The van der Waals surface area contributed by atoms with Gasteiger partial charge in [0.15, 0.2) is 0 Å². The number of fused-ring (bicyclic) bond motifs is 1. The van der Waals surface area contributed by atoms with E-state index in [0.717, 1.165) is 40.9 Å². The molecule has 1 unspecified atom stereocenters. The summed E-state index contributed by atoms with van der Waals surface area (Å²) in [5.74, 6) is -0.112. The van der Waals surface area contributed by atoms with Crippen molar-refractivity contribution in [1.82, 2.24) is 9.88 Å². The lowest BCUT2D eigenvalue weighted by atomic mass is 9.91. The largest absolute Gasteiger partial charge is 0.497 e. The lowest BCUT2D eigenvalue weighted by Gasteiger charge is -2.37. The van der Waals surface area contributed by atoms with Crippen molar-refractivity contribution < 1.29 is 14.6 Å². The summed E-state index contributed by atoms with van der Waals surface area (Å²) in [5.41, 5.74) is 3.26. The maximum absolute atomic E-state index is 11.3. The van der Waals surface area contributed by atoms with Gasteiger partial charge in [-0.15, -0.1) is 0 Å². The van der Waals surface area contributed by atoms with Gasteiger partial charge >= 0.3 is 5.97 Å². The van der Waals surface area contributed by atoms with Crippen LogP contribution in [0.4, 0.5) is 0 Å². The highest BCUT2D eigenvalue weighted by molar-refractivity contribution is 5.79. The van der Waals surface area contributed by atoms with Crippen LogP contribution in [-0.4, -0.2) is 41.2 Å². The van der Waals surface area contributed by atoms with Crippen LogP contribution in [0, 0.1) is 5.92 Å². The van der Waals surface area contributed by atoms with Gasteiger partial charge in [-0.05, 0) is 61.3 Å². The van der Waals surface area contributed by atoms with Crippen LogP contribution in [0.5, 0.6) is 5.75 Å². The predicted octanol–water partition coefficient (Wildman–Crippen LogP) is 4.13. The van der Waals surface area contributed by atoms with Crippen LogP contribution < -0.4 is 4.74 Å². The molecule has 5 heteroatoms. The first kappa shape index (κ1) is 18.4. The van der Waals surface area contributed by atoms with Crippen LogP contribution in [0.3, 0.4) is 0 Å². The summed E-state index contributed by atoms with van der Waals surface area (Å²) in [5, 5.41) is 10.4. The number of aromatic nitrogens is 1. The van der Waals surface area contributed by atoms with Gasteiger partial charge in [-0.25, -0.2) is 0 Å². The second-order valence-electron chi connectivity index (χ2n) is 7.29. The molecule has 4 rings (SSSR count). The number of likely N-dealkylation sites (tertiary alicyclic amines) is 1. The van der Waals surface area contributed by atoms with E-state index in [1.807, 2.05) is 36.5 Å².